The molecule has 1 heterocycles. The first-order valence-corrected chi connectivity index (χ1v) is 7.13. The molecule has 1 aromatic heterocycles. The van der Waals surface area contributed by atoms with Crippen molar-refractivity contribution in [2.75, 3.05) is 13.1 Å². The van der Waals surface area contributed by atoms with Gasteiger partial charge in [-0.1, -0.05) is 30.3 Å². The van der Waals surface area contributed by atoms with Crippen LogP contribution in [-0.2, 0) is 0 Å². The van der Waals surface area contributed by atoms with Crippen molar-refractivity contribution in [1.29, 1.82) is 0 Å². The molecule has 3 heteroatoms. The van der Waals surface area contributed by atoms with E-state index in [1.807, 2.05) is 18.2 Å². The van der Waals surface area contributed by atoms with Crippen molar-refractivity contribution in [2.24, 2.45) is 0 Å². The zero-order valence-electron chi connectivity index (χ0n) is 12.5. The molecule has 3 nitrogen and oxygen atoms in total. The maximum Gasteiger partial charge on any atom is 0.125 e. The molecular formula is C17H24N2O. The van der Waals surface area contributed by atoms with E-state index in [1.54, 1.807) is 6.26 Å². The molecule has 1 unspecified atom stereocenters. The highest BCUT2D eigenvalue weighted by Gasteiger charge is 2.16. The van der Waals surface area contributed by atoms with E-state index in [-0.39, 0.29) is 11.6 Å². The van der Waals surface area contributed by atoms with E-state index in [9.17, 15) is 0 Å². The summed E-state index contributed by atoms with van der Waals surface area (Å²) in [5.74, 6) is 0.951. The van der Waals surface area contributed by atoms with Crippen LogP contribution in [0.1, 0.15) is 38.1 Å². The molecule has 108 valence electrons. The maximum absolute atomic E-state index is 5.57. The average Bonchev–Trinajstić information content (AvgIpc) is 2.92. The van der Waals surface area contributed by atoms with E-state index in [1.165, 1.54) is 5.56 Å². The molecule has 0 radical (unpaired) electrons. The predicted molar refractivity (Wildman–Crippen MR) is 82.8 cm³/mol. The number of furan rings is 1. The fourth-order valence-corrected chi connectivity index (χ4v) is 2.14. The van der Waals surface area contributed by atoms with Gasteiger partial charge in [-0.25, -0.2) is 0 Å². The Bertz CT molecular complexity index is 485. The molecule has 2 N–H and O–H groups in total. The molecule has 0 fully saturated rings. The molecule has 1 atom stereocenters. The van der Waals surface area contributed by atoms with Crippen molar-refractivity contribution < 1.29 is 4.42 Å². The summed E-state index contributed by atoms with van der Waals surface area (Å²) in [4.78, 5) is 0. The maximum atomic E-state index is 5.57. The number of nitrogens with one attached hydrogen (secondary N) is 2. The molecule has 0 aliphatic carbocycles. The predicted octanol–water partition coefficient (Wildman–Crippen LogP) is 3.35. The first kappa shape index (κ1) is 14.8. The number of hydrogen-bond acceptors (Lipinski definition) is 3. The van der Waals surface area contributed by atoms with Gasteiger partial charge in [0, 0.05) is 18.6 Å². The molecule has 1 aromatic carbocycles. The zero-order chi connectivity index (χ0) is 14.4. The lowest BCUT2D eigenvalue weighted by atomic mass is 10.0. The molecule has 20 heavy (non-hydrogen) atoms. The van der Waals surface area contributed by atoms with E-state index in [0.717, 1.165) is 18.8 Å². The fraction of sp³-hybridized carbons (Fsp3) is 0.412. The molecule has 0 amide bonds. The number of benzene rings is 1. The van der Waals surface area contributed by atoms with E-state index >= 15 is 0 Å². The Morgan fingerprint density at radius 2 is 1.75 bits per heavy atom. The molecule has 0 saturated heterocycles. The highest BCUT2D eigenvalue weighted by molar-refractivity contribution is 5.26. The van der Waals surface area contributed by atoms with Crippen LogP contribution in [0.15, 0.2) is 53.1 Å². The summed E-state index contributed by atoms with van der Waals surface area (Å²) in [6, 6.07) is 14.4. The molecular weight excluding hydrogens is 248 g/mol. The van der Waals surface area contributed by atoms with Gasteiger partial charge >= 0.3 is 0 Å². The summed E-state index contributed by atoms with van der Waals surface area (Å²) in [7, 11) is 0. The van der Waals surface area contributed by atoms with Crippen LogP contribution in [-0.4, -0.2) is 18.6 Å². The highest BCUT2D eigenvalue weighted by Crippen LogP contribution is 2.21. The van der Waals surface area contributed by atoms with E-state index < -0.39 is 0 Å². The van der Waals surface area contributed by atoms with Crippen molar-refractivity contribution in [2.45, 2.75) is 32.4 Å². The molecule has 0 spiro atoms. The third-order valence-electron chi connectivity index (χ3n) is 3.09. The van der Waals surface area contributed by atoms with Crippen LogP contribution in [0.3, 0.4) is 0 Å². The van der Waals surface area contributed by atoms with Gasteiger partial charge in [-0.05, 0) is 38.5 Å². The van der Waals surface area contributed by atoms with Crippen molar-refractivity contribution in [3.63, 3.8) is 0 Å². The summed E-state index contributed by atoms with van der Waals surface area (Å²) >= 11 is 0. The normalized spacial score (nSPS) is 13.3. The van der Waals surface area contributed by atoms with Crippen LogP contribution in [0.2, 0.25) is 0 Å². The monoisotopic (exact) mass is 272 g/mol. The second-order valence-corrected chi connectivity index (χ2v) is 5.99. The SMILES string of the molecule is CC(C)(C)NCCNC(c1ccccc1)c1ccco1. The lowest BCUT2D eigenvalue weighted by Crippen LogP contribution is -2.40. The Kier molecular flexibility index (Phi) is 4.99. The lowest BCUT2D eigenvalue weighted by Gasteiger charge is -2.22. The van der Waals surface area contributed by atoms with E-state index in [4.69, 9.17) is 4.42 Å². The molecule has 0 aliphatic heterocycles. The van der Waals surface area contributed by atoms with Gasteiger partial charge < -0.3 is 15.1 Å². The van der Waals surface area contributed by atoms with Crippen molar-refractivity contribution >= 4 is 0 Å². The van der Waals surface area contributed by atoms with Gasteiger partial charge in [-0.2, -0.15) is 0 Å². The smallest absolute Gasteiger partial charge is 0.125 e. The van der Waals surface area contributed by atoms with Gasteiger partial charge in [0.25, 0.3) is 0 Å². The second kappa shape index (κ2) is 6.73. The van der Waals surface area contributed by atoms with Gasteiger partial charge in [0.1, 0.15) is 5.76 Å². The quantitative estimate of drug-likeness (QED) is 0.792. The van der Waals surface area contributed by atoms with Crippen LogP contribution in [0.4, 0.5) is 0 Å². The first-order valence-electron chi connectivity index (χ1n) is 7.13. The largest absolute Gasteiger partial charge is 0.467 e. The Morgan fingerprint density at radius 1 is 1.00 bits per heavy atom. The van der Waals surface area contributed by atoms with Crippen molar-refractivity contribution in [3.8, 4) is 0 Å². The minimum absolute atomic E-state index is 0.105. The van der Waals surface area contributed by atoms with Gasteiger partial charge in [-0.15, -0.1) is 0 Å². The van der Waals surface area contributed by atoms with Crippen LogP contribution >= 0.6 is 0 Å². The lowest BCUT2D eigenvalue weighted by molar-refractivity contribution is 0.402. The zero-order valence-corrected chi connectivity index (χ0v) is 12.5. The summed E-state index contributed by atoms with van der Waals surface area (Å²) in [5, 5.41) is 7.04. The van der Waals surface area contributed by atoms with Gasteiger partial charge in [0.2, 0.25) is 0 Å². The van der Waals surface area contributed by atoms with Crippen LogP contribution in [0, 0.1) is 0 Å². The summed E-state index contributed by atoms with van der Waals surface area (Å²) < 4.78 is 5.57. The Labute approximate surface area is 121 Å². The van der Waals surface area contributed by atoms with Crippen LogP contribution in [0.25, 0.3) is 0 Å². The molecule has 0 bridgehead atoms. The Hall–Kier alpha value is -1.58. The topological polar surface area (TPSA) is 37.2 Å². The summed E-state index contributed by atoms with van der Waals surface area (Å²) in [6.45, 7) is 8.34. The van der Waals surface area contributed by atoms with Crippen LogP contribution in [0.5, 0.6) is 0 Å². The average molecular weight is 272 g/mol. The van der Waals surface area contributed by atoms with E-state index in [2.05, 4.69) is 55.7 Å². The third kappa shape index (κ3) is 4.51. The number of rotatable bonds is 6. The van der Waals surface area contributed by atoms with Gasteiger partial charge in [0.05, 0.1) is 12.3 Å². The Balaban J connectivity index is 1.98. The van der Waals surface area contributed by atoms with Gasteiger partial charge in [-0.3, -0.25) is 0 Å². The standard InChI is InChI=1S/C17H24N2O/c1-17(2,3)19-12-11-18-16(15-10-7-13-20-15)14-8-5-4-6-9-14/h4-10,13,16,18-19H,11-12H2,1-3H3. The second-order valence-electron chi connectivity index (χ2n) is 5.99. The summed E-state index contributed by atoms with van der Waals surface area (Å²) in [5.41, 5.74) is 1.37. The minimum atomic E-state index is 0.105. The van der Waals surface area contributed by atoms with Crippen molar-refractivity contribution in [3.05, 3.63) is 60.1 Å². The van der Waals surface area contributed by atoms with E-state index in [0.29, 0.717) is 0 Å². The first-order chi connectivity index (χ1) is 9.56. The molecule has 2 rings (SSSR count). The minimum Gasteiger partial charge on any atom is -0.467 e. The summed E-state index contributed by atoms with van der Waals surface area (Å²) in [6.07, 6.45) is 1.72. The Morgan fingerprint density at radius 3 is 2.35 bits per heavy atom. The third-order valence-corrected chi connectivity index (χ3v) is 3.09. The molecule has 0 saturated carbocycles. The highest BCUT2D eigenvalue weighted by atomic mass is 16.3. The fourth-order valence-electron chi connectivity index (χ4n) is 2.14. The molecule has 0 aliphatic rings. The molecule has 2 aromatic rings. The van der Waals surface area contributed by atoms with Crippen molar-refractivity contribution in [1.82, 2.24) is 10.6 Å². The number of hydrogen-bond donors (Lipinski definition) is 2. The van der Waals surface area contributed by atoms with Gasteiger partial charge in [0.15, 0.2) is 0 Å². The van der Waals surface area contributed by atoms with Crippen LogP contribution < -0.4 is 10.6 Å².